The van der Waals surface area contributed by atoms with E-state index in [1.807, 2.05) is 0 Å². The van der Waals surface area contributed by atoms with E-state index >= 15 is 0 Å². The van der Waals surface area contributed by atoms with E-state index in [1.54, 1.807) is 31.9 Å². The maximum Gasteiger partial charge on any atom is 0.224 e. The highest BCUT2D eigenvalue weighted by Gasteiger charge is 2.28. The van der Waals surface area contributed by atoms with Crippen molar-refractivity contribution in [1.82, 2.24) is 10.0 Å². The van der Waals surface area contributed by atoms with Crippen LogP contribution in [0.2, 0.25) is 0 Å². The van der Waals surface area contributed by atoms with Gasteiger partial charge < -0.3 is 15.5 Å². The Balaban J connectivity index is 2.31. The molecule has 1 aliphatic carbocycles. The Morgan fingerprint density at radius 1 is 1.35 bits per heavy atom. The van der Waals surface area contributed by atoms with Gasteiger partial charge in [0, 0.05) is 29.3 Å². The van der Waals surface area contributed by atoms with Crippen LogP contribution in [0.15, 0.2) is 23.1 Å². The summed E-state index contributed by atoms with van der Waals surface area (Å²) in [5, 5.41) is 22.5. The van der Waals surface area contributed by atoms with Crippen LogP contribution in [0.4, 0.5) is 0 Å². The zero-order valence-corrected chi connectivity index (χ0v) is 15.6. The number of carbonyl (C=O) groups is 1. The lowest BCUT2D eigenvalue weighted by Crippen LogP contribution is -2.35. The molecule has 0 saturated heterocycles. The largest absolute Gasteiger partial charge is 0.509 e. The zero-order chi connectivity index (χ0) is 17.6. The average molecular weight is 343 g/mol. The minimum Gasteiger partial charge on any atom is -0.509 e. The van der Waals surface area contributed by atoms with Crippen LogP contribution in [0.3, 0.4) is 0 Å². The number of unbranched alkanes of at least 4 members (excludes halogenated alkanes) is 1. The number of rotatable bonds is 7. The molecular formula is C17H30N2O3S. The molecule has 23 heavy (non-hydrogen) atoms. The van der Waals surface area contributed by atoms with Gasteiger partial charge in [-0.3, -0.25) is 9.52 Å². The van der Waals surface area contributed by atoms with Gasteiger partial charge in [-0.25, -0.2) is 0 Å². The molecule has 1 aliphatic rings. The second-order valence-corrected chi connectivity index (χ2v) is 8.73. The molecule has 0 aromatic heterocycles. The van der Waals surface area contributed by atoms with Crippen molar-refractivity contribution in [3.63, 3.8) is 0 Å². The van der Waals surface area contributed by atoms with Crippen molar-refractivity contribution in [2.45, 2.75) is 64.7 Å². The van der Waals surface area contributed by atoms with E-state index in [1.165, 1.54) is 0 Å². The third-order valence-electron chi connectivity index (χ3n) is 3.62. The molecule has 0 aromatic rings. The number of aliphatic hydroxyl groups is 2. The first-order valence-corrected chi connectivity index (χ1v) is 8.93. The highest BCUT2D eigenvalue weighted by Crippen LogP contribution is 2.26. The van der Waals surface area contributed by atoms with E-state index in [4.69, 9.17) is 0 Å². The van der Waals surface area contributed by atoms with E-state index in [-0.39, 0.29) is 22.3 Å². The molecule has 0 spiro atoms. The minimum absolute atomic E-state index is 0.0158. The Hall–Kier alpha value is -0.980. The summed E-state index contributed by atoms with van der Waals surface area (Å²) in [6.07, 6.45) is 2.98. The molecule has 1 amide bonds. The summed E-state index contributed by atoms with van der Waals surface area (Å²) >= 11 is 1.71. The molecular weight excluding hydrogens is 312 g/mol. The Morgan fingerprint density at radius 2 is 2.00 bits per heavy atom. The minimum atomic E-state index is -0.950. The quantitative estimate of drug-likeness (QED) is 0.422. The topological polar surface area (TPSA) is 81.6 Å². The standard InChI is InChI=1S/C17H30N2O3S/c1-11-10-13(12(2)16(22)15(11)21)19-14(20)8-6-7-9-18-23-17(3,4)5/h10,12,16,18,21-22H,6-9H2,1-5H3,(H,19,20)/t12-,16?/m1/s1. The summed E-state index contributed by atoms with van der Waals surface area (Å²) in [4.78, 5) is 12.0. The van der Waals surface area contributed by atoms with Crippen molar-refractivity contribution < 1.29 is 15.0 Å². The maximum atomic E-state index is 12.0. The van der Waals surface area contributed by atoms with Gasteiger partial charge in [0.1, 0.15) is 11.9 Å². The number of carbonyl (C=O) groups excluding carboxylic acids is 1. The average Bonchev–Trinajstić information content (AvgIpc) is 2.45. The van der Waals surface area contributed by atoms with Crippen molar-refractivity contribution in [1.29, 1.82) is 0 Å². The summed E-state index contributed by atoms with van der Waals surface area (Å²) < 4.78 is 3.50. The van der Waals surface area contributed by atoms with Gasteiger partial charge in [0.05, 0.1) is 0 Å². The molecule has 5 nitrogen and oxygen atoms in total. The molecule has 0 aromatic carbocycles. The Bertz CT molecular complexity index is 481. The summed E-state index contributed by atoms with van der Waals surface area (Å²) in [5.41, 5.74) is 1.26. The molecule has 0 saturated carbocycles. The summed E-state index contributed by atoms with van der Waals surface area (Å²) in [6, 6.07) is 0. The first-order chi connectivity index (χ1) is 10.6. The van der Waals surface area contributed by atoms with Crippen molar-refractivity contribution >= 4 is 17.9 Å². The van der Waals surface area contributed by atoms with Gasteiger partial charge in [0.25, 0.3) is 0 Å². The lowest BCUT2D eigenvalue weighted by molar-refractivity contribution is -0.120. The molecule has 0 aliphatic heterocycles. The Labute approximate surface area is 143 Å². The van der Waals surface area contributed by atoms with E-state index in [0.717, 1.165) is 19.4 Å². The van der Waals surface area contributed by atoms with E-state index < -0.39 is 6.10 Å². The second kappa shape index (κ2) is 8.76. The second-order valence-electron chi connectivity index (χ2n) is 7.02. The van der Waals surface area contributed by atoms with Gasteiger partial charge in [-0.15, -0.1) is 0 Å². The van der Waals surface area contributed by atoms with Gasteiger partial charge in [-0.2, -0.15) is 0 Å². The van der Waals surface area contributed by atoms with Crippen LogP contribution in [0.25, 0.3) is 0 Å². The molecule has 132 valence electrons. The molecule has 4 N–H and O–H groups in total. The fraction of sp³-hybridized carbons (Fsp3) is 0.706. The number of hydrogen-bond acceptors (Lipinski definition) is 5. The molecule has 0 bridgehead atoms. The molecule has 6 heteroatoms. The Morgan fingerprint density at radius 3 is 2.61 bits per heavy atom. The highest BCUT2D eigenvalue weighted by atomic mass is 32.2. The van der Waals surface area contributed by atoms with Crippen molar-refractivity contribution in [3.05, 3.63) is 23.1 Å². The van der Waals surface area contributed by atoms with Crippen molar-refractivity contribution in [3.8, 4) is 0 Å². The van der Waals surface area contributed by atoms with E-state index in [2.05, 4.69) is 30.8 Å². The fourth-order valence-corrected chi connectivity index (χ4v) is 2.88. The molecule has 0 fully saturated rings. The normalized spacial score (nSPS) is 22.1. The first kappa shape index (κ1) is 20.1. The van der Waals surface area contributed by atoms with Crippen LogP contribution >= 0.6 is 11.9 Å². The number of hydrogen-bond donors (Lipinski definition) is 4. The molecule has 1 unspecified atom stereocenters. The lowest BCUT2D eigenvalue weighted by atomic mass is 9.90. The van der Waals surface area contributed by atoms with Crippen LogP contribution in [-0.2, 0) is 4.79 Å². The summed E-state index contributed by atoms with van der Waals surface area (Å²) in [6.45, 7) is 10.8. The number of nitrogens with one attached hydrogen (secondary N) is 2. The predicted molar refractivity (Wildman–Crippen MR) is 95.9 cm³/mol. The predicted octanol–water partition coefficient (Wildman–Crippen LogP) is 3.04. The molecule has 1 rings (SSSR count). The third kappa shape index (κ3) is 6.97. The Kier molecular flexibility index (Phi) is 7.64. The van der Waals surface area contributed by atoms with Gasteiger partial charge in [-0.05, 0) is 52.2 Å². The third-order valence-corrected chi connectivity index (χ3v) is 4.58. The molecule has 0 heterocycles. The maximum absolute atomic E-state index is 12.0. The number of aliphatic hydroxyl groups excluding tert-OH is 2. The number of allylic oxidation sites excluding steroid dienone is 2. The van der Waals surface area contributed by atoms with Gasteiger partial charge >= 0.3 is 0 Å². The lowest BCUT2D eigenvalue weighted by Gasteiger charge is -2.27. The molecule has 0 radical (unpaired) electrons. The first-order valence-electron chi connectivity index (χ1n) is 8.12. The SMILES string of the molecule is CC1=C(O)C(O)[C@H](C)C(NC(=O)CCCCNSC(C)(C)C)=C1. The van der Waals surface area contributed by atoms with Gasteiger partial charge in [0.2, 0.25) is 5.91 Å². The van der Waals surface area contributed by atoms with Crippen LogP contribution in [-0.4, -0.2) is 33.5 Å². The monoisotopic (exact) mass is 342 g/mol. The van der Waals surface area contributed by atoms with Crippen molar-refractivity contribution in [2.75, 3.05) is 6.54 Å². The smallest absolute Gasteiger partial charge is 0.224 e. The fourth-order valence-electron chi connectivity index (χ4n) is 2.20. The van der Waals surface area contributed by atoms with Crippen molar-refractivity contribution in [2.24, 2.45) is 5.92 Å². The zero-order valence-electron chi connectivity index (χ0n) is 14.8. The number of amides is 1. The van der Waals surface area contributed by atoms with Gasteiger partial charge in [0.15, 0.2) is 0 Å². The summed E-state index contributed by atoms with van der Waals surface area (Å²) in [5.74, 6) is -0.376. The van der Waals surface area contributed by atoms with E-state index in [0.29, 0.717) is 17.7 Å². The summed E-state index contributed by atoms with van der Waals surface area (Å²) in [7, 11) is 0. The van der Waals surface area contributed by atoms with Crippen LogP contribution < -0.4 is 10.0 Å². The molecule has 2 atom stereocenters. The van der Waals surface area contributed by atoms with Crippen LogP contribution in [0.5, 0.6) is 0 Å². The van der Waals surface area contributed by atoms with E-state index in [9.17, 15) is 15.0 Å². The van der Waals surface area contributed by atoms with Crippen LogP contribution in [0, 0.1) is 5.92 Å². The van der Waals surface area contributed by atoms with Gasteiger partial charge in [-0.1, -0.05) is 18.9 Å². The highest BCUT2D eigenvalue weighted by molar-refractivity contribution is 7.98. The van der Waals surface area contributed by atoms with Crippen LogP contribution in [0.1, 0.15) is 53.9 Å².